The summed E-state index contributed by atoms with van der Waals surface area (Å²) in [5.41, 5.74) is 3.20. The fourth-order valence-electron chi connectivity index (χ4n) is 4.82. The maximum absolute atomic E-state index is 14.2. The zero-order valence-electron chi connectivity index (χ0n) is 18.4. The van der Waals surface area contributed by atoms with Crippen LogP contribution < -0.4 is 10.6 Å². The molecule has 0 saturated heterocycles. The molecule has 2 heterocycles. The molecule has 1 aliphatic carbocycles. The highest BCUT2D eigenvalue weighted by Gasteiger charge is 2.41. The number of benzene rings is 2. The van der Waals surface area contributed by atoms with E-state index in [9.17, 15) is 18.4 Å². The predicted octanol–water partition coefficient (Wildman–Crippen LogP) is 6.03. The highest BCUT2D eigenvalue weighted by molar-refractivity contribution is 7.10. The number of hydrogen-bond acceptors (Lipinski definition) is 4. The lowest BCUT2D eigenvalue weighted by atomic mass is 9.72. The number of thiophene rings is 1. The molecule has 0 bridgehead atoms. The average Bonchev–Trinajstić information content (AvgIpc) is 3.34. The molecule has 0 saturated carbocycles. The van der Waals surface area contributed by atoms with E-state index < -0.39 is 23.5 Å². The van der Waals surface area contributed by atoms with Crippen LogP contribution in [0, 0.1) is 11.6 Å². The predicted molar refractivity (Wildman–Crippen MR) is 128 cm³/mol. The van der Waals surface area contributed by atoms with Crippen LogP contribution in [-0.4, -0.2) is 11.7 Å². The minimum absolute atomic E-state index is 0.0546. The zero-order valence-corrected chi connectivity index (χ0v) is 19.2. The minimum atomic E-state index is -0.704. The lowest BCUT2D eigenvalue weighted by molar-refractivity contribution is -0.116. The summed E-state index contributed by atoms with van der Waals surface area (Å²) in [6.45, 7) is 1.79. The van der Waals surface area contributed by atoms with Crippen molar-refractivity contribution in [1.82, 2.24) is 5.32 Å². The molecule has 2 aromatic carbocycles. The molecule has 0 fully saturated rings. The number of ketones is 1. The number of allylic oxidation sites excluding steroid dienone is 3. The fourth-order valence-corrected chi connectivity index (χ4v) is 5.65. The van der Waals surface area contributed by atoms with Crippen LogP contribution in [-0.2, 0) is 9.59 Å². The molecular formula is C27H22F2N2O2S. The molecule has 5 rings (SSSR count). The van der Waals surface area contributed by atoms with Gasteiger partial charge in [-0.05, 0) is 66.8 Å². The van der Waals surface area contributed by atoms with Gasteiger partial charge in [0.1, 0.15) is 11.6 Å². The molecule has 7 heteroatoms. The third kappa shape index (κ3) is 4.19. The van der Waals surface area contributed by atoms with Crippen LogP contribution >= 0.6 is 11.3 Å². The Morgan fingerprint density at radius 1 is 1.03 bits per heavy atom. The molecular weight excluding hydrogens is 454 g/mol. The number of Topliss-reactive ketones (excluding diaryl/α,β-unsaturated/α-hetero) is 1. The van der Waals surface area contributed by atoms with E-state index in [2.05, 4.69) is 10.6 Å². The van der Waals surface area contributed by atoms with E-state index in [0.29, 0.717) is 40.9 Å². The Bertz CT molecular complexity index is 1330. The molecule has 172 valence electrons. The van der Waals surface area contributed by atoms with Gasteiger partial charge in [-0.3, -0.25) is 9.59 Å². The van der Waals surface area contributed by atoms with Gasteiger partial charge in [-0.25, -0.2) is 8.78 Å². The van der Waals surface area contributed by atoms with E-state index in [-0.39, 0.29) is 11.7 Å². The van der Waals surface area contributed by atoms with E-state index in [1.165, 1.54) is 36.4 Å². The normalized spacial score (nSPS) is 20.1. The second-order valence-electron chi connectivity index (χ2n) is 8.55. The lowest BCUT2D eigenvalue weighted by Gasteiger charge is -2.36. The average molecular weight is 477 g/mol. The van der Waals surface area contributed by atoms with Crippen molar-refractivity contribution < 1.29 is 18.4 Å². The Labute approximate surface area is 200 Å². The van der Waals surface area contributed by atoms with Crippen LogP contribution in [0.15, 0.2) is 88.6 Å². The van der Waals surface area contributed by atoms with Gasteiger partial charge in [-0.1, -0.05) is 18.2 Å². The van der Waals surface area contributed by atoms with Gasteiger partial charge in [0.25, 0.3) is 5.91 Å². The van der Waals surface area contributed by atoms with E-state index in [1.807, 2.05) is 17.5 Å². The van der Waals surface area contributed by atoms with Crippen molar-refractivity contribution in [3.63, 3.8) is 0 Å². The van der Waals surface area contributed by atoms with Gasteiger partial charge >= 0.3 is 0 Å². The van der Waals surface area contributed by atoms with Crippen LogP contribution in [0.5, 0.6) is 0 Å². The van der Waals surface area contributed by atoms with Crippen LogP contribution in [0.1, 0.15) is 42.0 Å². The maximum atomic E-state index is 14.2. The third-order valence-electron chi connectivity index (χ3n) is 6.30. The molecule has 1 aliphatic heterocycles. The van der Waals surface area contributed by atoms with Crippen LogP contribution in [0.25, 0.3) is 0 Å². The second kappa shape index (κ2) is 8.99. The first kappa shape index (κ1) is 22.2. The smallest absolute Gasteiger partial charge is 0.254 e. The number of amides is 1. The molecule has 1 aromatic heterocycles. The molecule has 3 aromatic rings. The van der Waals surface area contributed by atoms with Gasteiger partial charge in [-0.15, -0.1) is 11.3 Å². The third-order valence-corrected chi connectivity index (χ3v) is 7.34. The van der Waals surface area contributed by atoms with Crippen molar-refractivity contribution in [2.75, 3.05) is 5.32 Å². The van der Waals surface area contributed by atoms with Gasteiger partial charge in [0.05, 0.1) is 0 Å². The minimum Gasteiger partial charge on any atom is -0.362 e. The second-order valence-corrected chi connectivity index (χ2v) is 9.53. The van der Waals surface area contributed by atoms with Crippen LogP contribution in [0.2, 0.25) is 0 Å². The maximum Gasteiger partial charge on any atom is 0.254 e. The summed E-state index contributed by atoms with van der Waals surface area (Å²) in [4.78, 5) is 28.1. The molecule has 34 heavy (non-hydrogen) atoms. The Morgan fingerprint density at radius 2 is 1.82 bits per heavy atom. The molecule has 4 nitrogen and oxygen atoms in total. The Hall–Kier alpha value is -3.58. The first-order valence-electron chi connectivity index (χ1n) is 11.0. The van der Waals surface area contributed by atoms with Crippen molar-refractivity contribution in [2.45, 2.75) is 31.6 Å². The largest absolute Gasteiger partial charge is 0.362 e. The van der Waals surface area contributed by atoms with Gasteiger partial charge in [0.15, 0.2) is 5.78 Å². The Kier molecular flexibility index (Phi) is 5.87. The number of rotatable bonds is 4. The molecule has 2 N–H and O–H groups in total. The highest BCUT2D eigenvalue weighted by atomic mass is 32.1. The Morgan fingerprint density at radius 3 is 2.53 bits per heavy atom. The van der Waals surface area contributed by atoms with Gasteiger partial charge in [0, 0.05) is 51.4 Å². The monoisotopic (exact) mass is 476 g/mol. The van der Waals surface area contributed by atoms with Gasteiger partial charge in [0.2, 0.25) is 0 Å². The first-order chi connectivity index (χ1) is 16.4. The van der Waals surface area contributed by atoms with Crippen molar-refractivity contribution >= 4 is 28.7 Å². The van der Waals surface area contributed by atoms with E-state index in [1.54, 1.807) is 30.4 Å². The van der Waals surface area contributed by atoms with Crippen molar-refractivity contribution in [3.05, 3.63) is 111 Å². The summed E-state index contributed by atoms with van der Waals surface area (Å²) in [6, 6.07) is 15.5. The number of anilines is 1. The molecule has 0 radical (unpaired) electrons. The number of dihydropyridines is 1. The SMILES string of the molecule is CC1=C(C(=O)Nc2ccc(F)cc2)[C@@H](c2cccc(F)c2)C2=C(C[C@H](c3cccs3)CC2=O)N1. The van der Waals surface area contributed by atoms with Crippen LogP contribution in [0.4, 0.5) is 14.5 Å². The van der Waals surface area contributed by atoms with Crippen molar-refractivity contribution in [2.24, 2.45) is 0 Å². The first-order valence-corrected chi connectivity index (χ1v) is 11.9. The number of carbonyl (C=O) groups excluding carboxylic acids is 2. The Balaban J connectivity index is 1.56. The quantitative estimate of drug-likeness (QED) is 0.484. The standard InChI is InChI=1S/C27H22F2N2O2S/c1-15-24(27(33)31-20-9-7-18(28)8-10-20)25(16-4-2-5-19(29)12-16)26-21(30-15)13-17(14-22(26)32)23-6-3-11-34-23/h2-12,17,25,30H,13-14H2,1H3,(H,31,33)/t17-,25+/m0/s1. The van der Waals surface area contributed by atoms with Crippen LogP contribution in [0.3, 0.4) is 0 Å². The highest BCUT2D eigenvalue weighted by Crippen LogP contribution is 2.46. The van der Waals surface area contributed by atoms with E-state index in [0.717, 1.165) is 10.6 Å². The summed E-state index contributed by atoms with van der Waals surface area (Å²) >= 11 is 1.62. The van der Waals surface area contributed by atoms with E-state index >= 15 is 0 Å². The summed E-state index contributed by atoms with van der Waals surface area (Å²) in [7, 11) is 0. The van der Waals surface area contributed by atoms with Crippen molar-refractivity contribution in [1.29, 1.82) is 0 Å². The van der Waals surface area contributed by atoms with Gasteiger partial charge in [-0.2, -0.15) is 0 Å². The van der Waals surface area contributed by atoms with Crippen molar-refractivity contribution in [3.8, 4) is 0 Å². The van der Waals surface area contributed by atoms with E-state index in [4.69, 9.17) is 0 Å². The molecule has 2 aliphatic rings. The molecule has 2 atom stereocenters. The zero-order chi connectivity index (χ0) is 23.8. The number of hydrogen-bond donors (Lipinski definition) is 2. The number of halogens is 2. The summed E-state index contributed by atoms with van der Waals surface area (Å²) in [5.74, 6) is -1.97. The van der Waals surface area contributed by atoms with Gasteiger partial charge < -0.3 is 10.6 Å². The topological polar surface area (TPSA) is 58.2 Å². The fraction of sp³-hybridized carbons (Fsp3) is 0.185. The number of carbonyl (C=O) groups is 2. The molecule has 1 amide bonds. The number of nitrogens with one attached hydrogen (secondary N) is 2. The molecule has 0 spiro atoms. The lowest BCUT2D eigenvalue weighted by Crippen LogP contribution is -2.37. The summed E-state index contributed by atoms with van der Waals surface area (Å²) in [6.07, 6.45) is 0.969. The summed E-state index contributed by atoms with van der Waals surface area (Å²) < 4.78 is 27.5. The summed E-state index contributed by atoms with van der Waals surface area (Å²) in [5, 5.41) is 8.10. The molecule has 0 unspecified atom stereocenters.